The maximum Gasteiger partial charge on any atom is 0.109 e. The molecule has 1 radical (unpaired) electrons. The molecule has 0 aliphatic carbocycles. The minimum atomic E-state index is 0.957. The van der Waals surface area contributed by atoms with Crippen molar-refractivity contribution in [2.75, 3.05) is 0 Å². The maximum absolute atomic E-state index is 4.27. The molecule has 2 heteroatoms. The molecule has 1 heterocycles. The summed E-state index contributed by atoms with van der Waals surface area (Å²) in [4.78, 5) is 4.27. The lowest BCUT2D eigenvalue weighted by Gasteiger charge is -2.02. The Morgan fingerprint density at radius 1 is 1.30 bits per heavy atom. The second kappa shape index (κ2) is 2.86. The lowest BCUT2D eigenvalue weighted by atomic mass is 10.1. The van der Waals surface area contributed by atoms with Gasteiger partial charge in [-0.2, -0.15) is 0 Å². The van der Waals surface area contributed by atoms with Crippen molar-refractivity contribution in [2.45, 2.75) is 20.8 Å². The Morgan fingerprint density at radius 3 is 2.40 bits per heavy atom. The number of nitrogens with zero attached hydrogens (tertiary/aromatic N) is 1. The summed E-state index contributed by atoms with van der Waals surface area (Å²) < 4.78 is 0.957. The fourth-order valence-electron chi connectivity index (χ4n) is 0.779. The zero-order valence-corrected chi connectivity index (χ0v) is 8.48. The van der Waals surface area contributed by atoms with Crippen molar-refractivity contribution in [1.29, 1.82) is 0 Å². The largest absolute Gasteiger partial charge is 0.246 e. The van der Waals surface area contributed by atoms with Crippen molar-refractivity contribution >= 4 is 22.6 Å². The highest BCUT2D eigenvalue weighted by Crippen LogP contribution is 2.11. The van der Waals surface area contributed by atoms with Crippen LogP contribution in [-0.4, -0.2) is 4.98 Å². The molecule has 1 rings (SSSR count). The molecule has 0 fully saturated rings. The van der Waals surface area contributed by atoms with Gasteiger partial charge >= 0.3 is 0 Å². The minimum absolute atomic E-state index is 0.957. The van der Waals surface area contributed by atoms with Crippen LogP contribution in [-0.2, 0) is 0 Å². The fourth-order valence-corrected chi connectivity index (χ4v) is 1.55. The van der Waals surface area contributed by atoms with Gasteiger partial charge < -0.3 is 0 Å². The molecular weight excluding hydrogens is 237 g/mol. The van der Waals surface area contributed by atoms with E-state index in [0.717, 1.165) is 9.39 Å². The molecule has 0 amide bonds. The molecule has 0 saturated carbocycles. The molecule has 0 saturated heterocycles. The number of hydrogen-bond acceptors (Lipinski definition) is 1. The molecule has 0 N–H and O–H groups in total. The van der Waals surface area contributed by atoms with Gasteiger partial charge in [0.2, 0.25) is 0 Å². The van der Waals surface area contributed by atoms with Crippen LogP contribution in [0.4, 0.5) is 0 Å². The summed E-state index contributed by atoms with van der Waals surface area (Å²) in [7, 11) is 0. The highest BCUT2D eigenvalue weighted by atomic mass is 127. The summed E-state index contributed by atoms with van der Waals surface area (Å²) in [6.07, 6.45) is 0. The van der Waals surface area contributed by atoms with Crippen LogP contribution in [0.2, 0.25) is 0 Å². The number of hydrogen-bond donors (Lipinski definition) is 0. The molecule has 0 atom stereocenters. The smallest absolute Gasteiger partial charge is 0.109 e. The Kier molecular flexibility index (Phi) is 2.28. The van der Waals surface area contributed by atoms with Crippen LogP contribution in [0.3, 0.4) is 0 Å². The van der Waals surface area contributed by atoms with E-state index in [2.05, 4.69) is 47.5 Å². The van der Waals surface area contributed by atoms with E-state index in [1.807, 2.05) is 6.92 Å². The Hall–Kier alpha value is -0.120. The van der Waals surface area contributed by atoms with E-state index in [1.165, 1.54) is 11.1 Å². The Bertz CT molecular complexity index is 232. The zero-order chi connectivity index (χ0) is 7.72. The summed E-state index contributed by atoms with van der Waals surface area (Å²) in [6.45, 7) is 6.16. The van der Waals surface area contributed by atoms with E-state index in [9.17, 15) is 0 Å². The van der Waals surface area contributed by atoms with Gasteiger partial charge in [0.15, 0.2) is 0 Å². The standard InChI is InChI=1S/C8H9IN/c1-5-4-8(9)10-7(3)6(5)2/h1-3H3. The van der Waals surface area contributed by atoms with Gasteiger partial charge in [-0.25, -0.2) is 4.98 Å². The Morgan fingerprint density at radius 2 is 1.90 bits per heavy atom. The molecule has 0 aliphatic heterocycles. The molecule has 0 spiro atoms. The first-order valence-corrected chi connectivity index (χ1v) is 4.21. The van der Waals surface area contributed by atoms with Gasteiger partial charge in [0.25, 0.3) is 0 Å². The molecule has 53 valence electrons. The van der Waals surface area contributed by atoms with Crippen molar-refractivity contribution in [3.8, 4) is 0 Å². The Labute approximate surface area is 75.0 Å². The van der Waals surface area contributed by atoms with Crippen LogP contribution >= 0.6 is 22.6 Å². The quantitative estimate of drug-likeness (QED) is 0.506. The van der Waals surface area contributed by atoms with Crippen LogP contribution < -0.4 is 0 Å². The van der Waals surface area contributed by atoms with Crippen LogP contribution in [0.5, 0.6) is 0 Å². The molecule has 0 bridgehead atoms. The molecule has 1 nitrogen and oxygen atoms in total. The summed E-state index contributed by atoms with van der Waals surface area (Å²) in [5.41, 5.74) is 3.57. The van der Waals surface area contributed by atoms with Crippen molar-refractivity contribution in [3.05, 3.63) is 26.6 Å². The molecular formula is C8H9IN. The van der Waals surface area contributed by atoms with Gasteiger partial charge in [0.05, 0.1) is 0 Å². The SMILES string of the molecule is Cc1[c]c(I)nc(C)c1C. The van der Waals surface area contributed by atoms with Crippen LogP contribution in [0.1, 0.15) is 16.8 Å². The second-order valence-corrected chi connectivity index (χ2v) is 3.38. The number of aromatic nitrogens is 1. The fraction of sp³-hybridized carbons (Fsp3) is 0.375. The van der Waals surface area contributed by atoms with Crippen molar-refractivity contribution in [2.24, 2.45) is 0 Å². The van der Waals surface area contributed by atoms with Gasteiger partial charge in [-0.1, -0.05) is 0 Å². The lowest BCUT2D eigenvalue weighted by molar-refractivity contribution is 1.09. The van der Waals surface area contributed by atoms with Gasteiger partial charge in [0.1, 0.15) is 3.70 Å². The topological polar surface area (TPSA) is 12.9 Å². The summed E-state index contributed by atoms with van der Waals surface area (Å²) in [5.74, 6) is 0. The number of aryl methyl sites for hydroxylation is 2. The third kappa shape index (κ3) is 1.48. The van der Waals surface area contributed by atoms with Crippen molar-refractivity contribution in [3.63, 3.8) is 0 Å². The highest BCUT2D eigenvalue weighted by molar-refractivity contribution is 14.1. The van der Waals surface area contributed by atoms with Gasteiger partial charge in [-0.05, 0) is 54.5 Å². The predicted molar refractivity (Wildman–Crippen MR) is 50.0 cm³/mol. The highest BCUT2D eigenvalue weighted by Gasteiger charge is 1.99. The van der Waals surface area contributed by atoms with E-state index in [-0.39, 0.29) is 0 Å². The Balaban J connectivity index is 3.31. The van der Waals surface area contributed by atoms with Crippen LogP contribution in [0, 0.1) is 30.5 Å². The summed E-state index contributed by atoms with van der Waals surface area (Å²) in [6, 6.07) is 3.15. The molecule has 1 aromatic rings. The maximum atomic E-state index is 4.27. The second-order valence-electron chi connectivity index (χ2n) is 2.36. The van der Waals surface area contributed by atoms with Crippen molar-refractivity contribution < 1.29 is 0 Å². The summed E-state index contributed by atoms with van der Waals surface area (Å²) >= 11 is 2.18. The van der Waals surface area contributed by atoms with Gasteiger partial charge in [0, 0.05) is 11.8 Å². The number of rotatable bonds is 0. The van der Waals surface area contributed by atoms with E-state index < -0.39 is 0 Å². The first kappa shape index (κ1) is 7.98. The van der Waals surface area contributed by atoms with Gasteiger partial charge in [-0.3, -0.25) is 0 Å². The monoisotopic (exact) mass is 246 g/mol. The van der Waals surface area contributed by atoms with Crippen molar-refractivity contribution in [1.82, 2.24) is 4.98 Å². The van der Waals surface area contributed by atoms with Crippen LogP contribution in [0.15, 0.2) is 0 Å². The average molecular weight is 246 g/mol. The predicted octanol–water partition coefficient (Wildman–Crippen LogP) is 2.41. The summed E-state index contributed by atoms with van der Waals surface area (Å²) in [5, 5.41) is 0. The third-order valence-corrected chi connectivity index (χ3v) is 2.17. The number of pyridine rings is 1. The zero-order valence-electron chi connectivity index (χ0n) is 6.33. The van der Waals surface area contributed by atoms with Gasteiger partial charge in [-0.15, -0.1) is 0 Å². The van der Waals surface area contributed by atoms with E-state index in [1.54, 1.807) is 0 Å². The molecule has 10 heavy (non-hydrogen) atoms. The number of halogens is 1. The van der Waals surface area contributed by atoms with E-state index in [0.29, 0.717) is 0 Å². The first-order chi connectivity index (χ1) is 4.61. The average Bonchev–Trinajstić information content (AvgIpc) is 1.82. The van der Waals surface area contributed by atoms with Crippen LogP contribution in [0.25, 0.3) is 0 Å². The lowest BCUT2D eigenvalue weighted by Crippen LogP contribution is -1.93. The molecule has 0 aromatic carbocycles. The van der Waals surface area contributed by atoms with E-state index >= 15 is 0 Å². The minimum Gasteiger partial charge on any atom is -0.246 e. The normalized spacial score (nSPS) is 10.0. The molecule has 0 aliphatic rings. The molecule has 0 unspecified atom stereocenters. The van der Waals surface area contributed by atoms with E-state index in [4.69, 9.17) is 0 Å². The molecule has 1 aromatic heterocycles. The third-order valence-electron chi connectivity index (χ3n) is 1.66. The first-order valence-electron chi connectivity index (χ1n) is 3.14.